The average Bonchev–Trinajstić information content (AvgIpc) is 2.58. The van der Waals surface area contributed by atoms with Gasteiger partial charge in [-0.3, -0.25) is 0 Å². The fourth-order valence-corrected chi connectivity index (χ4v) is 3.53. The maximum atomic E-state index is 13.6. The van der Waals surface area contributed by atoms with Crippen molar-refractivity contribution in [3.8, 4) is 0 Å². The summed E-state index contributed by atoms with van der Waals surface area (Å²) in [6.45, 7) is 0. The highest BCUT2D eigenvalue weighted by Crippen LogP contribution is 2.37. The second kappa shape index (κ2) is 5.14. The topological polar surface area (TPSA) is 26.0 Å². The van der Waals surface area contributed by atoms with E-state index >= 15 is 0 Å². The molecule has 90 valence electrons. The summed E-state index contributed by atoms with van der Waals surface area (Å²) in [5.74, 6) is -1.23. The molecule has 0 aliphatic heterocycles. The molecule has 0 radical (unpaired) electrons. The van der Waals surface area contributed by atoms with E-state index < -0.39 is 17.7 Å². The number of hydrogen-bond acceptors (Lipinski definition) is 2. The first-order valence-corrected chi connectivity index (χ1v) is 7.04. The van der Waals surface area contributed by atoms with Crippen LogP contribution in [-0.4, -0.2) is 0 Å². The van der Waals surface area contributed by atoms with Gasteiger partial charge in [0.25, 0.3) is 0 Å². The first-order valence-electron chi connectivity index (χ1n) is 4.64. The molecule has 0 amide bonds. The van der Waals surface area contributed by atoms with Gasteiger partial charge in [-0.2, -0.15) is 0 Å². The third-order valence-corrected chi connectivity index (χ3v) is 5.61. The summed E-state index contributed by atoms with van der Waals surface area (Å²) >= 11 is 8.11. The molecule has 0 bridgehead atoms. The molecule has 1 heterocycles. The van der Waals surface area contributed by atoms with Crippen LogP contribution in [0.3, 0.4) is 0 Å². The summed E-state index contributed by atoms with van der Waals surface area (Å²) in [6.07, 6.45) is 0. The van der Waals surface area contributed by atoms with E-state index in [-0.39, 0.29) is 5.56 Å². The van der Waals surface area contributed by atoms with Crippen LogP contribution >= 0.6 is 43.2 Å². The van der Waals surface area contributed by atoms with Gasteiger partial charge in [-0.05, 0) is 44.0 Å². The smallest absolute Gasteiger partial charge is 0.131 e. The van der Waals surface area contributed by atoms with Gasteiger partial charge in [0.05, 0.1) is 9.83 Å². The van der Waals surface area contributed by atoms with Gasteiger partial charge in [0, 0.05) is 21.0 Å². The largest absolute Gasteiger partial charge is 0.320 e. The molecule has 0 saturated carbocycles. The molecule has 1 unspecified atom stereocenters. The minimum atomic E-state index is -0.627. The van der Waals surface area contributed by atoms with E-state index in [0.717, 1.165) is 19.2 Å². The van der Waals surface area contributed by atoms with E-state index in [4.69, 9.17) is 5.73 Å². The molecule has 2 N–H and O–H groups in total. The number of nitrogens with two attached hydrogens (primary N) is 1. The molecule has 2 aromatic rings. The Bertz CT molecular complexity index is 537. The number of thiophene rings is 1. The highest BCUT2D eigenvalue weighted by molar-refractivity contribution is 9.13. The van der Waals surface area contributed by atoms with Gasteiger partial charge in [-0.15, -0.1) is 11.3 Å². The predicted molar refractivity (Wildman–Crippen MR) is 72.1 cm³/mol. The van der Waals surface area contributed by atoms with E-state index in [1.807, 2.05) is 6.07 Å². The van der Waals surface area contributed by atoms with Gasteiger partial charge >= 0.3 is 0 Å². The quantitative estimate of drug-likeness (QED) is 0.806. The van der Waals surface area contributed by atoms with Gasteiger partial charge in [0.2, 0.25) is 0 Å². The Morgan fingerprint density at radius 2 is 1.88 bits per heavy atom. The van der Waals surface area contributed by atoms with Crippen LogP contribution in [0.4, 0.5) is 8.78 Å². The minimum absolute atomic E-state index is 0.285. The Morgan fingerprint density at radius 3 is 2.41 bits per heavy atom. The van der Waals surface area contributed by atoms with E-state index in [9.17, 15) is 8.78 Å². The van der Waals surface area contributed by atoms with Crippen molar-refractivity contribution >= 4 is 43.2 Å². The summed E-state index contributed by atoms with van der Waals surface area (Å²) in [5, 5.41) is 0. The lowest BCUT2D eigenvalue weighted by Crippen LogP contribution is -2.12. The fourth-order valence-electron chi connectivity index (χ4n) is 1.42. The Balaban J connectivity index is 2.39. The van der Waals surface area contributed by atoms with Crippen LogP contribution in [-0.2, 0) is 0 Å². The van der Waals surface area contributed by atoms with E-state index in [1.54, 1.807) is 0 Å². The monoisotopic (exact) mass is 381 g/mol. The van der Waals surface area contributed by atoms with Crippen LogP contribution in [0.1, 0.15) is 16.5 Å². The van der Waals surface area contributed by atoms with Gasteiger partial charge in [0.15, 0.2) is 0 Å². The predicted octanol–water partition coefficient (Wildman–Crippen LogP) is 4.60. The van der Waals surface area contributed by atoms with Crippen molar-refractivity contribution in [1.29, 1.82) is 0 Å². The standard InChI is InChI=1S/C11H7Br2F2NS/c12-7-4-9(17-11(7)13)10(16)6-2-1-5(14)3-8(6)15/h1-4,10H,16H2. The van der Waals surface area contributed by atoms with Crippen LogP contribution in [0, 0.1) is 11.6 Å². The molecule has 0 aliphatic rings. The summed E-state index contributed by atoms with van der Waals surface area (Å²) in [7, 11) is 0. The van der Waals surface area contributed by atoms with Crippen molar-refractivity contribution in [2.45, 2.75) is 6.04 Å². The number of benzene rings is 1. The van der Waals surface area contributed by atoms with Crippen LogP contribution in [0.15, 0.2) is 32.5 Å². The highest BCUT2D eigenvalue weighted by Gasteiger charge is 2.17. The van der Waals surface area contributed by atoms with Crippen molar-refractivity contribution in [1.82, 2.24) is 0 Å². The first-order chi connectivity index (χ1) is 7.99. The molecular weight excluding hydrogens is 376 g/mol. The molecule has 0 spiro atoms. The molecule has 2 rings (SSSR count). The molecule has 1 aromatic heterocycles. The first kappa shape index (κ1) is 13.1. The Hall–Kier alpha value is -0.300. The summed E-state index contributed by atoms with van der Waals surface area (Å²) in [4.78, 5) is 0.800. The molecule has 0 saturated heterocycles. The maximum Gasteiger partial charge on any atom is 0.131 e. The van der Waals surface area contributed by atoms with Gasteiger partial charge < -0.3 is 5.73 Å². The second-order valence-corrected chi connectivity index (χ2v) is 6.67. The third kappa shape index (κ3) is 2.76. The van der Waals surface area contributed by atoms with Crippen LogP contribution in [0.2, 0.25) is 0 Å². The fraction of sp³-hybridized carbons (Fsp3) is 0.0909. The van der Waals surface area contributed by atoms with E-state index in [1.165, 1.54) is 23.5 Å². The second-order valence-electron chi connectivity index (χ2n) is 3.41. The highest BCUT2D eigenvalue weighted by atomic mass is 79.9. The third-order valence-electron chi connectivity index (χ3n) is 2.27. The van der Waals surface area contributed by atoms with Crippen LogP contribution in [0.5, 0.6) is 0 Å². The molecule has 17 heavy (non-hydrogen) atoms. The van der Waals surface area contributed by atoms with Crippen molar-refractivity contribution in [3.63, 3.8) is 0 Å². The summed E-state index contributed by atoms with van der Waals surface area (Å²) in [6, 6.07) is 4.64. The Morgan fingerprint density at radius 1 is 1.18 bits per heavy atom. The Labute approximate surface area is 118 Å². The van der Waals surface area contributed by atoms with Crippen molar-refractivity contribution in [2.75, 3.05) is 0 Å². The van der Waals surface area contributed by atoms with Gasteiger partial charge in [0.1, 0.15) is 11.6 Å². The summed E-state index contributed by atoms with van der Waals surface area (Å²) < 4.78 is 28.1. The molecular formula is C11H7Br2F2NS. The Kier molecular flexibility index (Phi) is 3.97. The van der Waals surface area contributed by atoms with Crippen LogP contribution < -0.4 is 5.73 Å². The molecule has 1 atom stereocenters. The molecule has 0 fully saturated rings. The molecule has 1 nitrogen and oxygen atoms in total. The lowest BCUT2D eigenvalue weighted by Gasteiger charge is -2.10. The number of rotatable bonds is 2. The zero-order valence-electron chi connectivity index (χ0n) is 8.38. The van der Waals surface area contributed by atoms with Crippen molar-refractivity contribution in [3.05, 3.63) is 54.6 Å². The normalized spacial score (nSPS) is 12.8. The average molecular weight is 383 g/mol. The summed E-state index contributed by atoms with van der Waals surface area (Å²) in [5.41, 5.74) is 6.24. The molecule has 6 heteroatoms. The SMILES string of the molecule is NC(c1cc(Br)c(Br)s1)c1ccc(F)cc1F. The zero-order valence-corrected chi connectivity index (χ0v) is 12.4. The minimum Gasteiger partial charge on any atom is -0.320 e. The molecule has 1 aromatic carbocycles. The van der Waals surface area contributed by atoms with E-state index in [2.05, 4.69) is 31.9 Å². The maximum absolute atomic E-state index is 13.6. The number of halogens is 4. The van der Waals surface area contributed by atoms with Crippen molar-refractivity contribution in [2.24, 2.45) is 5.73 Å². The van der Waals surface area contributed by atoms with Gasteiger partial charge in [-0.25, -0.2) is 8.78 Å². The van der Waals surface area contributed by atoms with Gasteiger partial charge in [-0.1, -0.05) is 6.07 Å². The lowest BCUT2D eigenvalue weighted by atomic mass is 10.1. The van der Waals surface area contributed by atoms with Crippen LogP contribution in [0.25, 0.3) is 0 Å². The molecule has 0 aliphatic carbocycles. The van der Waals surface area contributed by atoms with E-state index in [0.29, 0.717) is 0 Å². The van der Waals surface area contributed by atoms with Crippen molar-refractivity contribution < 1.29 is 8.78 Å². The number of hydrogen-bond donors (Lipinski definition) is 1. The zero-order chi connectivity index (χ0) is 12.6. The lowest BCUT2D eigenvalue weighted by molar-refractivity contribution is 0.566.